The fraction of sp³-hybridized carbons (Fsp3) is 0.316. The highest BCUT2D eigenvalue weighted by molar-refractivity contribution is 6.30. The maximum atomic E-state index is 12.0. The van der Waals surface area contributed by atoms with E-state index in [0.717, 1.165) is 17.5 Å². The monoisotopic (exact) mass is 359 g/mol. The zero-order valence-corrected chi connectivity index (χ0v) is 15.0. The minimum absolute atomic E-state index is 0.0502. The van der Waals surface area contributed by atoms with Gasteiger partial charge in [0.15, 0.2) is 0 Å². The second-order valence-corrected chi connectivity index (χ2v) is 6.21. The molecule has 1 heterocycles. The number of hydrogen-bond acceptors (Lipinski definition) is 3. The van der Waals surface area contributed by atoms with Gasteiger partial charge in [-0.3, -0.25) is 14.6 Å². The van der Waals surface area contributed by atoms with Gasteiger partial charge in [-0.25, -0.2) is 0 Å². The van der Waals surface area contributed by atoms with Crippen molar-refractivity contribution in [3.05, 3.63) is 64.9 Å². The normalized spacial score (nSPS) is 10.3. The molecule has 2 amide bonds. The highest BCUT2D eigenvalue weighted by atomic mass is 35.5. The molecule has 132 valence electrons. The van der Waals surface area contributed by atoms with Crippen molar-refractivity contribution in [2.24, 2.45) is 0 Å². The van der Waals surface area contributed by atoms with Crippen LogP contribution in [0.3, 0.4) is 0 Å². The molecule has 0 aliphatic heterocycles. The van der Waals surface area contributed by atoms with Gasteiger partial charge in [0, 0.05) is 50.4 Å². The van der Waals surface area contributed by atoms with E-state index in [4.69, 9.17) is 11.6 Å². The average Bonchev–Trinajstić information content (AvgIpc) is 2.61. The molecule has 1 aromatic heterocycles. The minimum atomic E-state index is -0.0602. The van der Waals surface area contributed by atoms with Crippen LogP contribution in [-0.2, 0) is 22.6 Å². The molecule has 0 aliphatic carbocycles. The van der Waals surface area contributed by atoms with Gasteiger partial charge < -0.3 is 10.2 Å². The predicted octanol–water partition coefficient (Wildman–Crippen LogP) is 2.83. The van der Waals surface area contributed by atoms with Crippen LogP contribution in [-0.4, -0.2) is 34.8 Å². The van der Waals surface area contributed by atoms with E-state index in [9.17, 15) is 9.59 Å². The third-order valence-corrected chi connectivity index (χ3v) is 4.08. The van der Waals surface area contributed by atoms with E-state index in [1.807, 2.05) is 36.4 Å². The highest BCUT2D eigenvalue weighted by Gasteiger charge is 2.11. The van der Waals surface area contributed by atoms with Crippen LogP contribution >= 0.6 is 11.6 Å². The van der Waals surface area contributed by atoms with Gasteiger partial charge in [0.2, 0.25) is 11.8 Å². The number of nitrogens with one attached hydrogen (secondary N) is 1. The smallest absolute Gasteiger partial charge is 0.221 e. The Bertz CT molecular complexity index is 690. The van der Waals surface area contributed by atoms with E-state index < -0.39 is 0 Å². The van der Waals surface area contributed by atoms with Crippen LogP contribution in [0.1, 0.15) is 24.5 Å². The zero-order valence-electron chi connectivity index (χ0n) is 14.2. The van der Waals surface area contributed by atoms with Crippen LogP contribution in [0.15, 0.2) is 48.8 Å². The lowest BCUT2D eigenvalue weighted by atomic mass is 10.1. The van der Waals surface area contributed by atoms with Crippen LogP contribution in [0.2, 0.25) is 5.02 Å². The van der Waals surface area contributed by atoms with Crippen molar-refractivity contribution in [3.63, 3.8) is 0 Å². The first-order valence-electron chi connectivity index (χ1n) is 8.20. The summed E-state index contributed by atoms with van der Waals surface area (Å²) in [5.41, 5.74) is 2.11. The maximum absolute atomic E-state index is 12.0. The summed E-state index contributed by atoms with van der Waals surface area (Å²) < 4.78 is 0. The lowest BCUT2D eigenvalue weighted by molar-refractivity contribution is -0.130. The van der Waals surface area contributed by atoms with Gasteiger partial charge in [0.05, 0.1) is 0 Å². The SMILES string of the molecule is CC(=O)N(CCC(=O)NCCc1ccc(Cl)cc1)Cc1ccncc1. The van der Waals surface area contributed by atoms with E-state index >= 15 is 0 Å². The fourth-order valence-corrected chi connectivity index (χ4v) is 2.50. The number of benzene rings is 1. The van der Waals surface area contributed by atoms with E-state index in [0.29, 0.717) is 24.7 Å². The summed E-state index contributed by atoms with van der Waals surface area (Å²) in [5, 5.41) is 3.58. The van der Waals surface area contributed by atoms with Gasteiger partial charge in [-0.1, -0.05) is 23.7 Å². The molecular formula is C19H22ClN3O2. The lowest BCUT2D eigenvalue weighted by Crippen LogP contribution is -2.34. The first kappa shape index (κ1) is 18.9. The summed E-state index contributed by atoms with van der Waals surface area (Å²) in [7, 11) is 0. The van der Waals surface area contributed by atoms with E-state index in [2.05, 4.69) is 10.3 Å². The van der Waals surface area contributed by atoms with E-state index in [1.165, 1.54) is 6.92 Å². The van der Waals surface area contributed by atoms with Gasteiger partial charge in [0.1, 0.15) is 0 Å². The largest absolute Gasteiger partial charge is 0.356 e. The van der Waals surface area contributed by atoms with E-state index in [-0.39, 0.29) is 18.2 Å². The Hall–Kier alpha value is -2.40. The summed E-state index contributed by atoms with van der Waals surface area (Å²) in [6.07, 6.45) is 4.41. The molecule has 0 saturated carbocycles. The summed E-state index contributed by atoms with van der Waals surface area (Å²) in [5.74, 6) is -0.110. The van der Waals surface area contributed by atoms with Gasteiger partial charge in [-0.05, 0) is 41.8 Å². The summed E-state index contributed by atoms with van der Waals surface area (Å²) >= 11 is 5.85. The van der Waals surface area contributed by atoms with Crippen molar-refractivity contribution in [1.82, 2.24) is 15.2 Å². The Labute approximate surface area is 153 Å². The molecule has 0 atom stereocenters. The van der Waals surface area contributed by atoms with Gasteiger partial charge in [-0.15, -0.1) is 0 Å². The maximum Gasteiger partial charge on any atom is 0.221 e. The first-order chi connectivity index (χ1) is 12.0. The third-order valence-electron chi connectivity index (χ3n) is 3.83. The van der Waals surface area contributed by atoms with Crippen molar-refractivity contribution in [2.75, 3.05) is 13.1 Å². The van der Waals surface area contributed by atoms with Crippen LogP contribution in [0.5, 0.6) is 0 Å². The number of hydrogen-bond donors (Lipinski definition) is 1. The number of aromatic nitrogens is 1. The Balaban J connectivity index is 1.73. The van der Waals surface area contributed by atoms with Crippen molar-refractivity contribution in [1.29, 1.82) is 0 Å². The first-order valence-corrected chi connectivity index (χ1v) is 8.58. The standard InChI is InChI=1S/C19H22ClN3O2/c1-15(24)23(14-17-6-10-21-11-7-17)13-9-19(25)22-12-8-16-2-4-18(20)5-3-16/h2-7,10-11H,8-9,12-14H2,1H3,(H,22,25). The van der Waals surface area contributed by atoms with Crippen LogP contribution < -0.4 is 5.32 Å². The summed E-state index contributed by atoms with van der Waals surface area (Å²) in [4.78, 5) is 29.4. The molecule has 0 aliphatic rings. The molecule has 1 aromatic carbocycles. The highest BCUT2D eigenvalue weighted by Crippen LogP contribution is 2.09. The molecule has 0 spiro atoms. The van der Waals surface area contributed by atoms with Crippen molar-refractivity contribution in [3.8, 4) is 0 Å². The van der Waals surface area contributed by atoms with Crippen LogP contribution in [0, 0.1) is 0 Å². The van der Waals surface area contributed by atoms with Crippen molar-refractivity contribution >= 4 is 23.4 Å². The number of halogens is 1. The van der Waals surface area contributed by atoms with Crippen molar-refractivity contribution in [2.45, 2.75) is 26.3 Å². The fourth-order valence-electron chi connectivity index (χ4n) is 2.38. The van der Waals surface area contributed by atoms with Gasteiger partial charge >= 0.3 is 0 Å². The average molecular weight is 360 g/mol. The molecule has 5 nitrogen and oxygen atoms in total. The number of amides is 2. The number of pyridine rings is 1. The quantitative estimate of drug-likeness (QED) is 0.788. The lowest BCUT2D eigenvalue weighted by Gasteiger charge is -2.20. The molecule has 0 radical (unpaired) electrons. The Kier molecular flexibility index (Phi) is 7.41. The molecule has 25 heavy (non-hydrogen) atoms. The predicted molar refractivity (Wildman–Crippen MR) is 98.1 cm³/mol. The molecule has 0 unspecified atom stereocenters. The second-order valence-electron chi connectivity index (χ2n) is 5.77. The topological polar surface area (TPSA) is 62.3 Å². The molecule has 1 N–H and O–H groups in total. The summed E-state index contributed by atoms with van der Waals surface area (Å²) in [6, 6.07) is 11.3. The Morgan fingerprint density at radius 1 is 1.08 bits per heavy atom. The van der Waals surface area contributed by atoms with Crippen LogP contribution in [0.4, 0.5) is 0 Å². The van der Waals surface area contributed by atoms with Crippen molar-refractivity contribution < 1.29 is 9.59 Å². The molecule has 6 heteroatoms. The zero-order chi connectivity index (χ0) is 18.1. The number of carbonyl (C=O) groups is 2. The molecule has 0 saturated heterocycles. The van der Waals surface area contributed by atoms with E-state index in [1.54, 1.807) is 17.3 Å². The number of nitrogens with zero attached hydrogens (tertiary/aromatic N) is 2. The molecule has 0 fully saturated rings. The molecule has 2 rings (SSSR count). The number of carbonyl (C=O) groups excluding carboxylic acids is 2. The Morgan fingerprint density at radius 2 is 1.76 bits per heavy atom. The van der Waals surface area contributed by atoms with Crippen LogP contribution in [0.25, 0.3) is 0 Å². The number of rotatable bonds is 8. The third kappa shape index (κ3) is 6.93. The Morgan fingerprint density at radius 3 is 2.40 bits per heavy atom. The second kappa shape index (κ2) is 9.79. The molecule has 2 aromatic rings. The van der Waals surface area contributed by atoms with Gasteiger partial charge in [0.25, 0.3) is 0 Å². The molecular weight excluding hydrogens is 338 g/mol. The molecule has 0 bridgehead atoms. The minimum Gasteiger partial charge on any atom is -0.356 e. The summed E-state index contributed by atoms with van der Waals surface area (Å²) in [6.45, 7) is 2.95. The van der Waals surface area contributed by atoms with Gasteiger partial charge in [-0.2, -0.15) is 0 Å².